The number of hydrogen-bond acceptors (Lipinski definition) is 5. The lowest BCUT2D eigenvalue weighted by Crippen LogP contribution is -2.60. The second-order valence-electron chi connectivity index (χ2n) is 11.5. The molecule has 1 N–H and O–H groups in total. The summed E-state index contributed by atoms with van der Waals surface area (Å²) in [5, 5.41) is 10.5. The second kappa shape index (κ2) is 11.3. The molecule has 0 aromatic heterocycles. The highest BCUT2D eigenvalue weighted by Gasteiger charge is 2.80. The zero-order valence-electron chi connectivity index (χ0n) is 23.6. The molecule has 0 aliphatic carbocycles. The number of carbonyl (C=O) groups is 3. The summed E-state index contributed by atoms with van der Waals surface area (Å²) in [7, 11) is 1.71. The van der Waals surface area contributed by atoms with Crippen molar-refractivity contribution in [3.05, 3.63) is 25.3 Å². The molecule has 8 heteroatoms. The average Bonchev–Trinajstić information content (AvgIpc) is 3.38. The van der Waals surface area contributed by atoms with Gasteiger partial charge in [0, 0.05) is 26.7 Å². The molecule has 8 nitrogen and oxygen atoms in total. The van der Waals surface area contributed by atoms with Gasteiger partial charge >= 0.3 is 0 Å². The van der Waals surface area contributed by atoms with E-state index >= 15 is 0 Å². The molecular weight excluding hydrogens is 470 g/mol. The summed E-state index contributed by atoms with van der Waals surface area (Å²) in [5.41, 5.74) is -1.99. The number of amides is 3. The van der Waals surface area contributed by atoms with Gasteiger partial charge in [0.1, 0.15) is 11.6 Å². The van der Waals surface area contributed by atoms with Crippen LogP contribution in [0.3, 0.4) is 0 Å². The van der Waals surface area contributed by atoms with Gasteiger partial charge < -0.3 is 24.5 Å². The average molecular weight is 518 g/mol. The third kappa shape index (κ3) is 4.54. The number of nitrogens with zero attached hydrogens (tertiary/aromatic N) is 3. The standard InChI is InChI=1S/C29H47N3O5/c1-9-13-16-31(15-11-3)27(36)24-29-17-20(6)28(7,37-29)22(25(34)30(8)14-10-2)23(29)26(35)32(24)21(18-33)19(5)12-4/h10-11,19-24,33H,2-3,9,12-18H2,1,4-8H3/t19-,20?,21-,22+,23-,24?,28-,29?/m0/s1. The van der Waals surface area contributed by atoms with Gasteiger partial charge in [-0.2, -0.15) is 0 Å². The fourth-order valence-electron chi connectivity index (χ4n) is 6.99. The fraction of sp³-hybridized carbons (Fsp3) is 0.759. The van der Waals surface area contributed by atoms with E-state index in [1.807, 2.05) is 27.7 Å². The number of carbonyl (C=O) groups excluding carboxylic acids is 3. The number of aliphatic hydroxyl groups excluding tert-OH is 1. The number of hydrogen-bond donors (Lipinski definition) is 1. The topological polar surface area (TPSA) is 90.4 Å². The summed E-state index contributed by atoms with van der Waals surface area (Å²) in [4.78, 5) is 47.6. The Morgan fingerprint density at radius 2 is 1.89 bits per heavy atom. The first-order chi connectivity index (χ1) is 17.5. The van der Waals surface area contributed by atoms with Crippen LogP contribution in [0.15, 0.2) is 25.3 Å². The van der Waals surface area contributed by atoms with Crippen molar-refractivity contribution in [2.75, 3.05) is 33.3 Å². The maximum Gasteiger partial charge on any atom is 0.248 e. The first-order valence-electron chi connectivity index (χ1n) is 13.9. The van der Waals surface area contributed by atoms with Gasteiger partial charge in [0.25, 0.3) is 0 Å². The fourth-order valence-corrected chi connectivity index (χ4v) is 6.99. The van der Waals surface area contributed by atoms with Crippen LogP contribution in [0, 0.1) is 23.7 Å². The molecule has 1 spiro atoms. The molecule has 3 aliphatic heterocycles. The van der Waals surface area contributed by atoms with Crippen LogP contribution in [-0.2, 0) is 19.1 Å². The lowest BCUT2D eigenvalue weighted by atomic mass is 9.62. The molecule has 0 aromatic carbocycles. The van der Waals surface area contributed by atoms with Gasteiger partial charge in [-0.15, -0.1) is 13.2 Å². The largest absolute Gasteiger partial charge is 0.394 e. The highest BCUT2D eigenvalue weighted by Crippen LogP contribution is 2.66. The second-order valence-corrected chi connectivity index (χ2v) is 11.5. The quantitative estimate of drug-likeness (QED) is 0.380. The normalized spacial score (nSPS) is 33.7. The van der Waals surface area contributed by atoms with Crippen LogP contribution >= 0.6 is 0 Å². The van der Waals surface area contributed by atoms with E-state index in [1.54, 1.807) is 33.9 Å². The molecule has 3 saturated heterocycles. The van der Waals surface area contributed by atoms with E-state index in [1.165, 1.54) is 0 Å². The van der Waals surface area contributed by atoms with Crippen LogP contribution in [-0.4, -0.2) is 94.1 Å². The molecule has 3 aliphatic rings. The molecule has 3 rings (SSSR count). The predicted molar refractivity (Wildman–Crippen MR) is 143 cm³/mol. The van der Waals surface area contributed by atoms with Crippen molar-refractivity contribution in [3.8, 4) is 0 Å². The van der Waals surface area contributed by atoms with E-state index in [4.69, 9.17) is 4.74 Å². The van der Waals surface area contributed by atoms with Crippen molar-refractivity contribution in [3.63, 3.8) is 0 Å². The molecule has 0 radical (unpaired) electrons. The molecule has 2 bridgehead atoms. The van der Waals surface area contributed by atoms with Crippen molar-refractivity contribution < 1.29 is 24.2 Å². The number of likely N-dealkylation sites (N-methyl/N-ethyl adjacent to an activating group) is 1. The number of ether oxygens (including phenoxy) is 1. The van der Waals surface area contributed by atoms with Crippen LogP contribution in [0.5, 0.6) is 0 Å². The van der Waals surface area contributed by atoms with E-state index in [0.717, 1.165) is 19.3 Å². The zero-order valence-corrected chi connectivity index (χ0v) is 23.6. The Bertz CT molecular complexity index is 908. The Kier molecular flexibility index (Phi) is 8.95. The maximum absolute atomic E-state index is 14.4. The van der Waals surface area contributed by atoms with Crippen LogP contribution < -0.4 is 0 Å². The van der Waals surface area contributed by atoms with E-state index in [9.17, 15) is 19.5 Å². The summed E-state index contributed by atoms with van der Waals surface area (Å²) in [6.07, 6.45) is 6.36. The van der Waals surface area contributed by atoms with Gasteiger partial charge in [0.05, 0.1) is 30.1 Å². The Balaban J connectivity index is 2.19. The van der Waals surface area contributed by atoms with Gasteiger partial charge in [0.2, 0.25) is 17.7 Å². The first-order valence-corrected chi connectivity index (χ1v) is 13.9. The minimum Gasteiger partial charge on any atom is -0.394 e. The molecular formula is C29H47N3O5. The lowest BCUT2D eigenvalue weighted by molar-refractivity contribution is -0.158. The van der Waals surface area contributed by atoms with Gasteiger partial charge in [-0.25, -0.2) is 0 Å². The molecule has 3 unspecified atom stereocenters. The minimum absolute atomic E-state index is 0.0300. The smallest absolute Gasteiger partial charge is 0.248 e. The van der Waals surface area contributed by atoms with Crippen LogP contribution in [0.4, 0.5) is 0 Å². The Hall–Kier alpha value is -2.19. The molecule has 208 valence electrons. The third-order valence-corrected chi connectivity index (χ3v) is 9.32. The first kappa shape index (κ1) is 29.4. The molecule has 37 heavy (non-hydrogen) atoms. The number of likely N-dealkylation sites (tertiary alicyclic amines) is 1. The van der Waals surface area contributed by atoms with Gasteiger partial charge in [-0.1, -0.05) is 52.7 Å². The highest BCUT2D eigenvalue weighted by molar-refractivity contribution is 5.99. The minimum atomic E-state index is -1.12. The monoisotopic (exact) mass is 517 g/mol. The van der Waals surface area contributed by atoms with Crippen LogP contribution in [0.2, 0.25) is 0 Å². The summed E-state index contributed by atoms with van der Waals surface area (Å²) in [5.74, 6) is -2.17. The molecule has 3 heterocycles. The van der Waals surface area contributed by atoms with Crippen LogP contribution in [0.25, 0.3) is 0 Å². The maximum atomic E-state index is 14.4. The zero-order chi connectivity index (χ0) is 27.7. The summed E-state index contributed by atoms with van der Waals surface area (Å²) < 4.78 is 6.83. The van der Waals surface area contributed by atoms with E-state index in [0.29, 0.717) is 26.1 Å². The number of aliphatic hydroxyl groups is 1. The molecule has 8 atom stereocenters. The number of unbranched alkanes of at least 4 members (excludes halogenated alkanes) is 1. The van der Waals surface area contributed by atoms with E-state index in [2.05, 4.69) is 20.1 Å². The molecule has 0 saturated carbocycles. The van der Waals surface area contributed by atoms with E-state index in [-0.39, 0.29) is 36.2 Å². The van der Waals surface area contributed by atoms with Crippen molar-refractivity contribution in [2.24, 2.45) is 23.7 Å². The summed E-state index contributed by atoms with van der Waals surface area (Å²) >= 11 is 0. The van der Waals surface area contributed by atoms with Gasteiger partial charge in [-0.05, 0) is 31.6 Å². The van der Waals surface area contributed by atoms with E-state index < -0.39 is 35.1 Å². The summed E-state index contributed by atoms with van der Waals surface area (Å²) in [6.45, 7) is 18.7. The van der Waals surface area contributed by atoms with Gasteiger partial charge in [-0.3, -0.25) is 14.4 Å². The summed E-state index contributed by atoms with van der Waals surface area (Å²) in [6, 6.07) is -1.45. The number of fused-ring (bicyclic) bond motifs is 1. The van der Waals surface area contributed by atoms with Crippen molar-refractivity contribution in [2.45, 2.75) is 83.6 Å². The molecule has 3 amide bonds. The highest BCUT2D eigenvalue weighted by atomic mass is 16.5. The molecule has 3 fully saturated rings. The lowest BCUT2D eigenvalue weighted by Gasteiger charge is -2.41. The SMILES string of the molecule is C=CCN(C)C(=O)[C@H]1[C@H]2C(=O)N([C@@H](CO)[C@@H](C)CC)C(C(=O)N(CC=C)CCCC)C23CC(C)[C@]1(C)O3. The predicted octanol–water partition coefficient (Wildman–Crippen LogP) is 2.86. The third-order valence-electron chi connectivity index (χ3n) is 9.32. The molecule has 0 aromatic rings. The Labute approximate surface area is 222 Å². The van der Waals surface area contributed by atoms with Gasteiger partial charge in [0.15, 0.2) is 0 Å². The van der Waals surface area contributed by atoms with Crippen molar-refractivity contribution in [1.82, 2.24) is 14.7 Å². The Morgan fingerprint density at radius 1 is 1.24 bits per heavy atom. The van der Waals surface area contributed by atoms with Crippen molar-refractivity contribution in [1.29, 1.82) is 0 Å². The van der Waals surface area contributed by atoms with Crippen LogP contribution in [0.1, 0.15) is 60.3 Å². The number of rotatable bonds is 13. The Morgan fingerprint density at radius 3 is 2.43 bits per heavy atom. The van der Waals surface area contributed by atoms with Crippen molar-refractivity contribution >= 4 is 17.7 Å².